The van der Waals surface area contributed by atoms with E-state index in [0.29, 0.717) is 5.56 Å². The fourth-order valence-corrected chi connectivity index (χ4v) is 2.56. The van der Waals surface area contributed by atoms with Gasteiger partial charge in [0.05, 0.1) is 12.0 Å². The summed E-state index contributed by atoms with van der Waals surface area (Å²) in [5, 5.41) is 11.2. The first kappa shape index (κ1) is 17.3. The van der Waals surface area contributed by atoms with Crippen molar-refractivity contribution in [3.8, 4) is 5.75 Å². The maximum Gasteiger partial charge on any atom is 0.363 e. The van der Waals surface area contributed by atoms with Gasteiger partial charge in [0.1, 0.15) is 0 Å². The average Bonchev–Trinajstić information content (AvgIpc) is 2.98. The Morgan fingerprint density at radius 1 is 1.19 bits per heavy atom. The van der Waals surface area contributed by atoms with Crippen molar-refractivity contribution in [1.29, 1.82) is 0 Å². The second kappa shape index (κ2) is 6.79. The molecule has 0 bridgehead atoms. The molecule has 0 fully saturated rings. The van der Waals surface area contributed by atoms with Crippen LogP contribution in [0.25, 0.3) is 6.08 Å². The summed E-state index contributed by atoms with van der Waals surface area (Å²) in [6.07, 6.45) is 1.65. The first-order valence-electron chi connectivity index (χ1n) is 7.81. The average molecular weight is 352 g/mol. The molecule has 0 aliphatic carbocycles. The lowest BCUT2D eigenvalue weighted by Crippen LogP contribution is -2.06. The summed E-state index contributed by atoms with van der Waals surface area (Å²) in [6.45, 7) is 3.89. The number of ether oxygens (including phenoxy) is 2. The second-order valence-corrected chi connectivity index (χ2v) is 5.84. The Labute approximate surface area is 149 Å². The Bertz CT molecular complexity index is 976. The third kappa shape index (κ3) is 3.32. The molecule has 2 aromatic rings. The lowest BCUT2D eigenvalue weighted by Gasteiger charge is -2.03. The van der Waals surface area contributed by atoms with Gasteiger partial charge in [-0.2, -0.15) is 0 Å². The van der Waals surface area contributed by atoms with E-state index in [9.17, 15) is 14.9 Å². The van der Waals surface area contributed by atoms with E-state index in [4.69, 9.17) is 9.47 Å². The Morgan fingerprint density at radius 2 is 1.96 bits per heavy atom. The predicted molar refractivity (Wildman–Crippen MR) is 96.2 cm³/mol. The molecule has 132 valence electrons. The van der Waals surface area contributed by atoms with Crippen molar-refractivity contribution in [3.05, 3.63) is 74.5 Å². The van der Waals surface area contributed by atoms with Crippen molar-refractivity contribution in [3.63, 3.8) is 0 Å². The molecule has 0 saturated heterocycles. The summed E-state index contributed by atoms with van der Waals surface area (Å²) >= 11 is 0. The molecule has 1 aliphatic heterocycles. The number of aryl methyl sites for hydroxylation is 2. The number of nitro benzene ring substituents is 1. The minimum absolute atomic E-state index is 0.0253. The number of nitrogens with zero attached hydrogens (tertiary/aromatic N) is 2. The molecule has 2 aromatic carbocycles. The number of hydrogen-bond acceptors (Lipinski definition) is 6. The van der Waals surface area contributed by atoms with Crippen LogP contribution in [-0.4, -0.2) is 23.9 Å². The minimum Gasteiger partial charge on any atom is -0.490 e. The number of carbonyl (C=O) groups excluding carboxylic acids is 1. The van der Waals surface area contributed by atoms with Crippen molar-refractivity contribution in [1.82, 2.24) is 0 Å². The molecule has 7 heteroatoms. The van der Waals surface area contributed by atoms with Crippen LogP contribution >= 0.6 is 0 Å². The molecule has 0 aromatic heterocycles. The molecule has 0 N–H and O–H groups in total. The molecule has 0 atom stereocenters. The summed E-state index contributed by atoms with van der Waals surface area (Å²) < 4.78 is 10.2. The standard InChI is InChI=1S/C19H16N2O5/c1-11-4-5-12(2)14(8-11)9-15-19(22)26-18(20-15)13-6-7-17(25-3)16(10-13)21(23)24/h4-10H,1-3H3/b15-9-. The van der Waals surface area contributed by atoms with E-state index in [1.54, 1.807) is 12.1 Å². The summed E-state index contributed by atoms with van der Waals surface area (Å²) in [5.74, 6) is -0.452. The highest BCUT2D eigenvalue weighted by molar-refractivity contribution is 6.13. The molecular formula is C19H16N2O5. The van der Waals surface area contributed by atoms with Gasteiger partial charge in [-0.05, 0) is 43.2 Å². The maximum absolute atomic E-state index is 12.1. The number of methoxy groups -OCH3 is 1. The number of rotatable bonds is 4. The normalized spacial score (nSPS) is 15.0. The van der Waals surface area contributed by atoms with Gasteiger partial charge in [-0.15, -0.1) is 0 Å². The molecule has 1 heterocycles. The lowest BCUT2D eigenvalue weighted by atomic mass is 10.0. The van der Waals surface area contributed by atoms with Crippen LogP contribution < -0.4 is 4.74 Å². The molecule has 0 unspecified atom stereocenters. The summed E-state index contributed by atoms with van der Waals surface area (Å²) in [7, 11) is 1.35. The summed E-state index contributed by atoms with van der Waals surface area (Å²) in [5.41, 5.74) is 3.17. The highest BCUT2D eigenvalue weighted by Crippen LogP contribution is 2.29. The van der Waals surface area contributed by atoms with Gasteiger partial charge in [0.25, 0.3) is 0 Å². The lowest BCUT2D eigenvalue weighted by molar-refractivity contribution is -0.385. The van der Waals surface area contributed by atoms with Crippen LogP contribution in [0.4, 0.5) is 5.69 Å². The first-order chi connectivity index (χ1) is 12.4. The van der Waals surface area contributed by atoms with Crippen LogP contribution in [0, 0.1) is 24.0 Å². The fourth-order valence-electron chi connectivity index (χ4n) is 2.56. The molecule has 0 radical (unpaired) electrons. The van der Waals surface area contributed by atoms with E-state index >= 15 is 0 Å². The van der Waals surface area contributed by atoms with E-state index in [-0.39, 0.29) is 23.0 Å². The van der Waals surface area contributed by atoms with Gasteiger partial charge in [-0.3, -0.25) is 10.1 Å². The number of benzene rings is 2. The van der Waals surface area contributed by atoms with Gasteiger partial charge in [0.2, 0.25) is 5.90 Å². The van der Waals surface area contributed by atoms with Crippen molar-refractivity contribution >= 4 is 23.6 Å². The van der Waals surface area contributed by atoms with Crippen molar-refractivity contribution < 1.29 is 19.2 Å². The van der Waals surface area contributed by atoms with Crippen molar-refractivity contribution in [2.24, 2.45) is 4.99 Å². The molecule has 7 nitrogen and oxygen atoms in total. The van der Waals surface area contributed by atoms with Crippen LogP contribution in [0.3, 0.4) is 0 Å². The monoisotopic (exact) mass is 352 g/mol. The number of cyclic esters (lactones) is 1. The first-order valence-corrected chi connectivity index (χ1v) is 7.81. The number of aliphatic imine (C=N–C) groups is 1. The van der Waals surface area contributed by atoms with Crippen molar-refractivity contribution in [2.75, 3.05) is 7.11 Å². The highest BCUT2D eigenvalue weighted by Gasteiger charge is 2.26. The smallest absolute Gasteiger partial charge is 0.363 e. The number of esters is 1. The molecule has 0 spiro atoms. The minimum atomic E-state index is -0.598. The molecule has 0 amide bonds. The third-order valence-electron chi connectivity index (χ3n) is 3.97. The SMILES string of the molecule is COc1ccc(C2=N/C(=C\c3cc(C)ccc3C)C(=O)O2)cc1[N+](=O)[O-]. The van der Waals surface area contributed by atoms with Gasteiger partial charge in [0, 0.05) is 11.6 Å². The zero-order valence-electron chi connectivity index (χ0n) is 14.5. The van der Waals surface area contributed by atoms with Gasteiger partial charge >= 0.3 is 11.7 Å². The quantitative estimate of drug-likeness (QED) is 0.363. The highest BCUT2D eigenvalue weighted by atomic mass is 16.6. The van der Waals surface area contributed by atoms with E-state index in [2.05, 4.69) is 4.99 Å². The van der Waals surface area contributed by atoms with Crippen LogP contribution in [0.2, 0.25) is 0 Å². The van der Waals surface area contributed by atoms with Gasteiger partial charge in [0.15, 0.2) is 11.4 Å². The third-order valence-corrected chi connectivity index (χ3v) is 3.97. The van der Waals surface area contributed by atoms with Gasteiger partial charge in [-0.1, -0.05) is 23.8 Å². The van der Waals surface area contributed by atoms with E-state index in [1.165, 1.54) is 19.2 Å². The van der Waals surface area contributed by atoms with Gasteiger partial charge in [-0.25, -0.2) is 9.79 Å². The van der Waals surface area contributed by atoms with Gasteiger partial charge < -0.3 is 9.47 Å². The topological polar surface area (TPSA) is 91.0 Å². The molecule has 0 saturated carbocycles. The number of carbonyl (C=O) groups is 1. The molecule has 1 aliphatic rings. The van der Waals surface area contributed by atoms with Crippen LogP contribution in [0.1, 0.15) is 22.3 Å². The Morgan fingerprint density at radius 3 is 2.65 bits per heavy atom. The fraction of sp³-hybridized carbons (Fsp3) is 0.158. The summed E-state index contributed by atoms with van der Waals surface area (Å²) in [4.78, 5) is 26.9. The maximum atomic E-state index is 12.1. The Hall–Kier alpha value is -3.48. The Kier molecular flexibility index (Phi) is 4.53. The Balaban J connectivity index is 2.01. The predicted octanol–water partition coefficient (Wildman–Crippen LogP) is 3.56. The molecule has 26 heavy (non-hydrogen) atoms. The molecule has 3 rings (SSSR count). The van der Waals surface area contributed by atoms with E-state index in [1.807, 2.05) is 32.0 Å². The largest absolute Gasteiger partial charge is 0.490 e. The summed E-state index contributed by atoms with van der Waals surface area (Å²) in [6, 6.07) is 10.1. The van der Waals surface area contributed by atoms with Crippen molar-refractivity contribution in [2.45, 2.75) is 13.8 Å². The van der Waals surface area contributed by atoms with E-state index in [0.717, 1.165) is 16.7 Å². The van der Waals surface area contributed by atoms with Crippen LogP contribution in [0.5, 0.6) is 5.75 Å². The second-order valence-electron chi connectivity index (χ2n) is 5.84. The number of hydrogen-bond donors (Lipinski definition) is 0. The van der Waals surface area contributed by atoms with Crippen LogP contribution in [0.15, 0.2) is 47.1 Å². The van der Waals surface area contributed by atoms with Crippen LogP contribution in [-0.2, 0) is 9.53 Å². The number of nitro groups is 1. The molecular weight excluding hydrogens is 336 g/mol. The zero-order chi connectivity index (χ0) is 18.8. The zero-order valence-corrected chi connectivity index (χ0v) is 14.5. The van der Waals surface area contributed by atoms with E-state index < -0.39 is 10.9 Å².